The zero-order valence-corrected chi connectivity index (χ0v) is 8.69. The van der Waals surface area contributed by atoms with Crippen LogP contribution in [-0.2, 0) is 0 Å². The van der Waals surface area contributed by atoms with E-state index in [1.165, 1.54) is 6.42 Å². The van der Waals surface area contributed by atoms with Crippen LogP contribution < -0.4 is 5.32 Å². The molecule has 0 aromatic heterocycles. The molecule has 0 bridgehead atoms. The molecule has 0 aliphatic carbocycles. The number of hydrogen-bond donors (Lipinski definition) is 1. The lowest BCUT2D eigenvalue weighted by Gasteiger charge is -2.29. The van der Waals surface area contributed by atoms with Gasteiger partial charge in [0.15, 0.2) is 0 Å². The number of rotatable bonds is 3. The van der Waals surface area contributed by atoms with Gasteiger partial charge < -0.3 is 10.2 Å². The van der Waals surface area contributed by atoms with Gasteiger partial charge in [-0.1, -0.05) is 6.92 Å². The van der Waals surface area contributed by atoms with Crippen LogP contribution in [0.4, 0.5) is 0 Å². The summed E-state index contributed by atoms with van der Waals surface area (Å²) in [5, 5.41) is 3.48. The SMILES string of the molecule is CC[C@@H]1NCCN1CN1C=NC=CC1. The highest BCUT2D eigenvalue weighted by Gasteiger charge is 2.22. The fraction of sp³-hybridized carbons (Fsp3) is 0.700. The summed E-state index contributed by atoms with van der Waals surface area (Å²) >= 11 is 0. The van der Waals surface area contributed by atoms with E-state index in [1.54, 1.807) is 0 Å². The van der Waals surface area contributed by atoms with Gasteiger partial charge in [-0.25, -0.2) is 4.99 Å². The minimum Gasteiger partial charge on any atom is -0.346 e. The van der Waals surface area contributed by atoms with Crippen LogP contribution in [0.15, 0.2) is 17.3 Å². The first kappa shape index (κ1) is 9.68. The van der Waals surface area contributed by atoms with Crippen molar-refractivity contribution in [1.82, 2.24) is 15.1 Å². The molecule has 1 atom stereocenters. The van der Waals surface area contributed by atoms with E-state index >= 15 is 0 Å². The first-order chi connectivity index (χ1) is 6.90. The maximum atomic E-state index is 4.12. The molecule has 0 amide bonds. The first-order valence-electron chi connectivity index (χ1n) is 5.30. The van der Waals surface area contributed by atoms with Crippen molar-refractivity contribution in [1.29, 1.82) is 0 Å². The highest BCUT2D eigenvalue weighted by Crippen LogP contribution is 2.07. The van der Waals surface area contributed by atoms with Gasteiger partial charge in [0.2, 0.25) is 0 Å². The van der Waals surface area contributed by atoms with E-state index in [9.17, 15) is 0 Å². The minimum absolute atomic E-state index is 0.550. The van der Waals surface area contributed by atoms with E-state index < -0.39 is 0 Å². The van der Waals surface area contributed by atoms with Crippen LogP contribution in [0.2, 0.25) is 0 Å². The lowest BCUT2D eigenvalue weighted by Crippen LogP contribution is -2.43. The summed E-state index contributed by atoms with van der Waals surface area (Å²) in [7, 11) is 0. The fourth-order valence-electron chi connectivity index (χ4n) is 1.98. The van der Waals surface area contributed by atoms with E-state index in [0.29, 0.717) is 6.17 Å². The van der Waals surface area contributed by atoms with Crippen molar-refractivity contribution < 1.29 is 0 Å². The van der Waals surface area contributed by atoms with Crippen molar-refractivity contribution in [2.24, 2.45) is 4.99 Å². The molecular formula is C10H18N4. The van der Waals surface area contributed by atoms with Crippen LogP contribution in [0.1, 0.15) is 13.3 Å². The van der Waals surface area contributed by atoms with E-state index in [0.717, 1.165) is 26.3 Å². The molecule has 4 heteroatoms. The summed E-state index contributed by atoms with van der Waals surface area (Å²) in [5.74, 6) is 0. The largest absolute Gasteiger partial charge is 0.346 e. The molecule has 0 spiro atoms. The molecule has 0 aromatic rings. The van der Waals surface area contributed by atoms with Gasteiger partial charge in [-0.3, -0.25) is 4.90 Å². The zero-order chi connectivity index (χ0) is 9.80. The molecule has 2 rings (SSSR count). The average molecular weight is 194 g/mol. The molecule has 0 aromatic carbocycles. The highest BCUT2D eigenvalue weighted by atomic mass is 15.4. The van der Waals surface area contributed by atoms with Crippen molar-refractivity contribution in [3.63, 3.8) is 0 Å². The number of aliphatic imine (C=N–C) groups is 1. The predicted octanol–water partition coefficient (Wildman–Crippen LogP) is 0.443. The van der Waals surface area contributed by atoms with Crippen molar-refractivity contribution in [2.75, 3.05) is 26.3 Å². The fourth-order valence-corrected chi connectivity index (χ4v) is 1.98. The average Bonchev–Trinajstić information content (AvgIpc) is 2.67. The topological polar surface area (TPSA) is 30.9 Å². The quantitative estimate of drug-likeness (QED) is 0.707. The summed E-state index contributed by atoms with van der Waals surface area (Å²) in [6.07, 6.45) is 7.58. The summed E-state index contributed by atoms with van der Waals surface area (Å²) < 4.78 is 0. The Morgan fingerprint density at radius 2 is 2.50 bits per heavy atom. The Hall–Kier alpha value is -0.870. The van der Waals surface area contributed by atoms with Gasteiger partial charge in [-0.15, -0.1) is 0 Å². The Morgan fingerprint density at radius 1 is 1.57 bits per heavy atom. The van der Waals surface area contributed by atoms with Gasteiger partial charge >= 0.3 is 0 Å². The maximum absolute atomic E-state index is 4.12. The summed E-state index contributed by atoms with van der Waals surface area (Å²) in [5.41, 5.74) is 0. The summed E-state index contributed by atoms with van der Waals surface area (Å²) in [4.78, 5) is 8.82. The Balaban J connectivity index is 1.84. The van der Waals surface area contributed by atoms with Gasteiger partial charge in [0.05, 0.1) is 19.2 Å². The smallest absolute Gasteiger partial charge is 0.0918 e. The van der Waals surface area contributed by atoms with Gasteiger partial charge in [0.25, 0.3) is 0 Å². The van der Waals surface area contributed by atoms with Gasteiger partial charge in [0, 0.05) is 25.8 Å². The molecule has 0 radical (unpaired) electrons. The number of nitrogens with zero attached hydrogens (tertiary/aromatic N) is 3. The second-order valence-corrected chi connectivity index (χ2v) is 3.75. The van der Waals surface area contributed by atoms with Crippen LogP contribution in [0.25, 0.3) is 0 Å². The van der Waals surface area contributed by atoms with Crippen LogP contribution in [0, 0.1) is 0 Å². The van der Waals surface area contributed by atoms with E-state index in [2.05, 4.69) is 33.1 Å². The molecule has 2 aliphatic rings. The standard InChI is InChI=1S/C10H18N4/c1-2-10-12-5-7-14(10)9-13-6-3-4-11-8-13/h3-4,8,10,12H,2,5-7,9H2,1H3/t10-/m1/s1. The van der Waals surface area contributed by atoms with Gasteiger partial charge in [0.1, 0.15) is 0 Å². The third-order valence-electron chi connectivity index (χ3n) is 2.73. The Morgan fingerprint density at radius 3 is 3.21 bits per heavy atom. The molecule has 14 heavy (non-hydrogen) atoms. The third-order valence-corrected chi connectivity index (χ3v) is 2.73. The molecule has 0 unspecified atom stereocenters. The highest BCUT2D eigenvalue weighted by molar-refractivity contribution is 5.57. The Labute approximate surface area is 85.3 Å². The monoisotopic (exact) mass is 194 g/mol. The van der Waals surface area contributed by atoms with Crippen molar-refractivity contribution >= 4 is 6.34 Å². The van der Waals surface area contributed by atoms with Crippen molar-refractivity contribution in [2.45, 2.75) is 19.5 Å². The van der Waals surface area contributed by atoms with E-state index in [1.807, 2.05) is 12.5 Å². The molecule has 1 N–H and O–H groups in total. The normalized spacial score (nSPS) is 27.5. The molecule has 4 nitrogen and oxygen atoms in total. The van der Waals surface area contributed by atoms with Crippen LogP contribution in [0.5, 0.6) is 0 Å². The van der Waals surface area contributed by atoms with E-state index in [-0.39, 0.29) is 0 Å². The summed E-state index contributed by atoms with van der Waals surface area (Å²) in [6, 6.07) is 0. The second-order valence-electron chi connectivity index (χ2n) is 3.75. The van der Waals surface area contributed by atoms with Crippen LogP contribution in [-0.4, -0.2) is 48.6 Å². The molecule has 2 heterocycles. The van der Waals surface area contributed by atoms with Gasteiger partial charge in [-0.05, 0) is 12.5 Å². The van der Waals surface area contributed by atoms with Crippen LogP contribution in [0.3, 0.4) is 0 Å². The summed E-state index contributed by atoms with van der Waals surface area (Å²) in [6.45, 7) is 6.45. The Bertz CT molecular complexity index is 236. The molecule has 0 saturated carbocycles. The lowest BCUT2D eigenvalue weighted by atomic mass is 10.3. The van der Waals surface area contributed by atoms with Crippen LogP contribution >= 0.6 is 0 Å². The minimum atomic E-state index is 0.550. The van der Waals surface area contributed by atoms with Crippen molar-refractivity contribution in [3.05, 3.63) is 12.3 Å². The van der Waals surface area contributed by atoms with E-state index in [4.69, 9.17) is 0 Å². The molecule has 2 aliphatic heterocycles. The number of hydrogen-bond acceptors (Lipinski definition) is 4. The van der Waals surface area contributed by atoms with Gasteiger partial charge in [-0.2, -0.15) is 0 Å². The van der Waals surface area contributed by atoms with Crippen molar-refractivity contribution in [3.8, 4) is 0 Å². The molecule has 78 valence electrons. The Kier molecular flexibility index (Phi) is 3.16. The predicted molar refractivity (Wildman–Crippen MR) is 58.0 cm³/mol. The number of nitrogens with one attached hydrogen (secondary N) is 1. The molecule has 1 fully saturated rings. The third kappa shape index (κ3) is 2.13. The lowest BCUT2D eigenvalue weighted by molar-refractivity contribution is 0.171. The first-order valence-corrected chi connectivity index (χ1v) is 5.30. The maximum Gasteiger partial charge on any atom is 0.0918 e. The molecule has 1 saturated heterocycles. The zero-order valence-electron chi connectivity index (χ0n) is 8.69. The molecular weight excluding hydrogens is 176 g/mol. The second kappa shape index (κ2) is 4.57.